The molecule has 0 aliphatic rings. The first kappa shape index (κ1) is 23.2. The first-order valence-electron chi connectivity index (χ1n) is 11.4. The summed E-state index contributed by atoms with van der Waals surface area (Å²) >= 11 is 0. The van der Waals surface area contributed by atoms with E-state index in [9.17, 15) is 14.0 Å². The van der Waals surface area contributed by atoms with E-state index in [0.717, 1.165) is 22.0 Å². The SMILES string of the molecule is CC(C)CNC(=O)c1cc2cc(NC(=O)Cc3ccc(F)cc3)ccc2n1Cc1ccccc1. The van der Waals surface area contributed by atoms with E-state index in [1.807, 2.05) is 59.2 Å². The van der Waals surface area contributed by atoms with Crippen molar-refractivity contribution in [2.24, 2.45) is 5.92 Å². The number of hydrogen-bond donors (Lipinski definition) is 2. The van der Waals surface area contributed by atoms with E-state index in [1.165, 1.54) is 12.1 Å². The van der Waals surface area contributed by atoms with Crippen LogP contribution in [0.2, 0.25) is 0 Å². The molecule has 4 aromatic rings. The fourth-order valence-electron chi connectivity index (χ4n) is 3.85. The van der Waals surface area contributed by atoms with Crippen LogP contribution in [0.15, 0.2) is 78.9 Å². The minimum Gasteiger partial charge on any atom is -0.351 e. The maximum Gasteiger partial charge on any atom is 0.267 e. The molecular weight excluding hydrogens is 429 g/mol. The largest absolute Gasteiger partial charge is 0.351 e. The second kappa shape index (κ2) is 10.3. The highest BCUT2D eigenvalue weighted by molar-refractivity contribution is 6.00. The summed E-state index contributed by atoms with van der Waals surface area (Å²) in [7, 11) is 0. The summed E-state index contributed by atoms with van der Waals surface area (Å²) in [6.45, 7) is 5.27. The molecule has 0 bridgehead atoms. The molecule has 0 saturated heterocycles. The van der Waals surface area contributed by atoms with Crippen LogP contribution in [-0.2, 0) is 17.8 Å². The van der Waals surface area contributed by atoms with Crippen molar-refractivity contribution in [1.82, 2.24) is 9.88 Å². The van der Waals surface area contributed by atoms with Crippen LogP contribution in [0.5, 0.6) is 0 Å². The second-order valence-electron chi connectivity index (χ2n) is 8.83. The lowest BCUT2D eigenvalue weighted by molar-refractivity contribution is -0.115. The summed E-state index contributed by atoms with van der Waals surface area (Å²) in [5, 5.41) is 6.78. The maximum absolute atomic E-state index is 13.1. The molecule has 2 N–H and O–H groups in total. The highest BCUT2D eigenvalue weighted by Crippen LogP contribution is 2.25. The van der Waals surface area contributed by atoms with Crippen LogP contribution in [0.4, 0.5) is 10.1 Å². The van der Waals surface area contributed by atoms with E-state index in [0.29, 0.717) is 30.4 Å². The molecule has 2 amide bonds. The lowest BCUT2D eigenvalue weighted by Gasteiger charge is -2.13. The summed E-state index contributed by atoms with van der Waals surface area (Å²) < 4.78 is 15.1. The van der Waals surface area contributed by atoms with Gasteiger partial charge in [0.1, 0.15) is 11.5 Å². The van der Waals surface area contributed by atoms with Crippen molar-refractivity contribution in [1.29, 1.82) is 0 Å². The molecule has 4 rings (SSSR count). The average Bonchev–Trinajstić information content (AvgIpc) is 3.17. The van der Waals surface area contributed by atoms with Gasteiger partial charge in [0.25, 0.3) is 5.91 Å². The van der Waals surface area contributed by atoms with Crippen molar-refractivity contribution < 1.29 is 14.0 Å². The Morgan fingerprint density at radius 2 is 1.65 bits per heavy atom. The van der Waals surface area contributed by atoms with E-state index in [4.69, 9.17) is 0 Å². The van der Waals surface area contributed by atoms with Crippen LogP contribution in [0, 0.1) is 11.7 Å². The van der Waals surface area contributed by atoms with Gasteiger partial charge in [-0.2, -0.15) is 0 Å². The molecule has 1 aromatic heterocycles. The number of nitrogens with one attached hydrogen (secondary N) is 2. The third-order valence-corrected chi connectivity index (χ3v) is 5.55. The van der Waals surface area contributed by atoms with Gasteiger partial charge < -0.3 is 15.2 Å². The predicted molar refractivity (Wildman–Crippen MR) is 133 cm³/mol. The van der Waals surface area contributed by atoms with E-state index in [2.05, 4.69) is 24.5 Å². The first-order chi connectivity index (χ1) is 16.4. The monoisotopic (exact) mass is 457 g/mol. The smallest absolute Gasteiger partial charge is 0.267 e. The Kier molecular flexibility index (Phi) is 7.07. The molecule has 6 heteroatoms. The van der Waals surface area contributed by atoms with E-state index in [-0.39, 0.29) is 24.1 Å². The summed E-state index contributed by atoms with van der Waals surface area (Å²) in [5.41, 5.74) is 3.96. The third kappa shape index (κ3) is 5.70. The van der Waals surface area contributed by atoms with Gasteiger partial charge >= 0.3 is 0 Å². The van der Waals surface area contributed by atoms with E-state index >= 15 is 0 Å². The summed E-state index contributed by atoms with van der Waals surface area (Å²) in [5.74, 6) is -0.297. The lowest BCUT2D eigenvalue weighted by atomic mass is 10.1. The molecule has 1 heterocycles. The van der Waals surface area contributed by atoms with Gasteiger partial charge in [-0.1, -0.05) is 56.3 Å². The average molecular weight is 458 g/mol. The standard InChI is InChI=1S/C28H28FN3O2/c1-19(2)17-30-28(34)26-16-22-15-24(31-27(33)14-20-8-10-23(29)11-9-20)12-13-25(22)32(26)18-21-6-4-3-5-7-21/h3-13,15-16,19H,14,17-18H2,1-2H3,(H,30,34)(H,31,33). The number of carbonyl (C=O) groups excluding carboxylic acids is 2. The van der Waals surface area contributed by atoms with Crippen LogP contribution < -0.4 is 10.6 Å². The van der Waals surface area contributed by atoms with Crippen molar-refractivity contribution in [3.63, 3.8) is 0 Å². The Morgan fingerprint density at radius 3 is 2.35 bits per heavy atom. The topological polar surface area (TPSA) is 63.1 Å². The molecule has 34 heavy (non-hydrogen) atoms. The Hall–Kier alpha value is -3.93. The zero-order valence-corrected chi connectivity index (χ0v) is 19.3. The van der Waals surface area contributed by atoms with Crippen LogP contribution >= 0.6 is 0 Å². The molecular formula is C28H28FN3O2. The third-order valence-electron chi connectivity index (χ3n) is 5.55. The molecule has 0 aliphatic carbocycles. The number of aromatic nitrogens is 1. The second-order valence-corrected chi connectivity index (χ2v) is 8.83. The predicted octanol–water partition coefficient (Wildman–Crippen LogP) is 5.40. The first-order valence-corrected chi connectivity index (χ1v) is 11.4. The number of anilines is 1. The normalized spacial score (nSPS) is 11.1. The van der Waals surface area contributed by atoms with E-state index in [1.54, 1.807) is 12.1 Å². The van der Waals surface area contributed by atoms with E-state index < -0.39 is 0 Å². The number of carbonyl (C=O) groups is 2. The van der Waals surface area contributed by atoms with Gasteiger partial charge in [0.2, 0.25) is 5.91 Å². The number of rotatable bonds is 8. The van der Waals surface area contributed by atoms with Crippen molar-refractivity contribution in [3.8, 4) is 0 Å². The molecule has 0 aliphatic heterocycles. The van der Waals surface area contributed by atoms with Gasteiger partial charge in [0.05, 0.1) is 6.42 Å². The molecule has 174 valence electrons. The number of fused-ring (bicyclic) bond motifs is 1. The van der Waals surface area contributed by atoms with Crippen LogP contribution in [0.25, 0.3) is 10.9 Å². The van der Waals surface area contributed by atoms with Gasteiger partial charge in [-0.15, -0.1) is 0 Å². The Bertz CT molecular complexity index is 1290. The van der Waals surface area contributed by atoms with Gasteiger partial charge in [0, 0.05) is 29.7 Å². The molecule has 0 atom stereocenters. The number of benzene rings is 3. The lowest BCUT2D eigenvalue weighted by Crippen LogP contribution is -2.29. The molecule has 0 spiro atoms. The maximum atomic E-state index is 13.1. The molecule has 0 fully saturated rings. The van der Waals surface area contributed by atoms with Gasteiger partial charge in [-0.05, 0) is 53.4 Å². The van der Waals surface area contributed by atoms with Crippen LogP contribution in [0.1, 0.15) is 35.5 Å². The molecule has 3 aromatic carbocycles. The highest BCUT2D eigenvalue weighted by atomic mass is 19.1. The molecule has 0 unspecified atom stereocenters. The summed E-state index contributed by atoms with van der Waals surface area (Å²) in [4.78, 5) is 25.5. The molecule has 0 radical (unpaired) electrons. The fraction of sp³-hybridized carbons (Fsp3) is 0.214. The molecule has 0 saturated carbocycles. The Balaban J connectivity index is 1.60. The quantitative estimate of drug-likeness (QED) is 0.372. The van der Waals surface area contributed by atoms with Gasteiger partial charge in [0.15, 0.2) is 0 Å². The molecule has 5 nitrogen and oxygen atoms in total. The summed E-state index contributed by atoms with van der Waals surface area (Å²) in [6.07, 6.45) is 0.149. The summed E-state index contributed by atoms with van der Waals surface area (Å²) in [6, 6.07) is 23.4. The minimum absolute atomic E-state index is 0.122. The van der Waals surface area contributed by atoms with Gasteiger partial charge in [-0.25, -0.2) is 4.39 Å². The Morgan fingerprint density at radius 1 is 0.912 bits per heavy atom. The zero-order chi connectivity index (χ0) is 24.1. The number of nitrogens with zero attached hydrogens (tertiary/aromatic N) is 1. The van der Waals surface area contributed by atoms with Crippen molar-refractivity contribution >= 4 is 28.4 Å². The zero-order valence-electron chi connectivity index (χ0n) is 19.3. The Labute approximate surface area is 198 Å². The van der Waals surface area contributed by atoms with Crippen molar-refractivity contribution in [3.05, 3.63) is 102 Å². The van der Waals surface area contributed by atoms with Crippen LogP contribution in [-0.4, -0.2) is 22.9 Å². The number of halogens is 1. The highest BCUT2D eigenvalue weighted by Gasteiger charge is 2.17. The minimum atomic E-state index is -0.331. The van der Waals surface area contributed by atoms with Gasteiger partial charge in [-0.3, -0.25) is 9.59 Å². The van der Waals surface area contributed by atoms with Crippen LogP contribution in [0.3, 0.4) is 0 Å². The fourth-order valence-corrected chi connectivity index (χ4v) is 3.85. The number of amides is 2. The number of hydrogen-bond acceptors (Lipinski definition) is 2. The van der Waals surface area contributed by atoms with Crippen molar-refractivity contribution in [2.45, 2.75) is 26.8 Å². The van der Waals surface area contributed by atoms with Crippen molar-refractivity contribution in [2.75, 3.05) is 11.9 Å².